The number of aliphatic imine (C=N–C) groups is 1. The van der Waals surface area contributed by atoms with E-state index in [1.165, 1.54) is 38.6 Å². The van der Waals surface area contributed by atoms with Gasteiger partial charge in [-0.1, -0.05) is 129 Å². The molecule has 3 unspecified atom stereocenters. The highest BCUT2D eigenvalue weighted by Crippen LogP contribution is 2.38. The van der Waals surface area contributed by atoms with Gasteiger partial charge in [0.05, 0.1) is 28.5 Å². The Bertz CT molecular complexity index is 2440. The summed E-state index contributed by atoms with van der Waals surface area (Å²) in [4.78, 5) is 15.0. The minimum atomic E-state index is 0.128. The first-order valence-electron chi connectivity index (χ1n) is 18.6. The quantitative estimate of drug-likeness (QED) is 0.130. The lowest BCUT2D eigenvalue weighted by Crippen LogP contribution is -2.12. The summed E-state index contributed by atoms with van der Waals surface area (Å²) in [6.07, 6.45) is 37.1. The first-order valence-corrected chi connectivity index (χ1v) is 18.6. The maximum Gasteiger partial charge on any atom is 0.160 e. The fraction of sp³-hybridized carbons (Fsp3) is 0.163. The van der Waals surface area contributed by atoms with Crippen molar-refractivity contribution in [2.45, 2.75) is 39.2 Å². The van der Waals surface area contributed by atoms with E-state index in [0.717, 1.165) is 52.9 Å². The van der Waals surface area contributed by atoms with E-state index in [9.17, 15) is 0 Å². The van der Waals surface area contributed by atoms with Gasteiger partial charge in [0.2, 0.25) is 0 Å². The SMILES string of the molecule is C=CC1=CC(/C(C)=C/C=C(\C=C)c2nc(C3=CC4C=CC=CC4C=C3)cc(C3=CC=C(n4c5ccccc5c5ccccc54)CC3)n2)=CCC1/N=C\C. The molecule has 4 heteroatoms. The third kappa shape index (κ3) is 6.69. The Kier molecular flexibility index (Phi) is 9.52. The van der Waals surface area contributed by atoms with Crippen LogP contribution in [-0.4, -0.2) is 26.8 Å². The number of hydrogen-bond acceptors (Lipinski definition) is 3. The summed E-state index contributed by atoms with van der Waals surface area (Å²) in [6, 6.07) is 19.7. The van der Waals surface area contributed by atoms with Crippen molar-refractivity contribution in [2.75, 3.05) is 0 Å². The van der Waals surface area contributed by atoms with E-state index in [2.05, 4.69) is 163 Å². The third-order valence-electron chi connectivity index (χ3n) is 10.7. The molecule has 0 saturated carbocycles. The van der Waals surface area contributed by atoms with E-state index in [1.54, 1.807) is 0 Å². The van der Waals surface area contributed by atoms with Crippen LogP contribution in [-0.2, 0) is 0 Å². The van der Waals surface area contributed by atoms with Gasteiger partial charge in [0.15, 0.2) is 5.82 Å². The number of rotatable bonds is 9. The van der Waals surface area contributed by atoms with Crippen LogP contribution in [0.25, 0.3) is 44.2 Å². The van der Waals surface area contributed by atoms with E-state index in [4.69, 9.17) is 9.97 Å². The molecule has 8 rings (SSSR count). The minimum Gasteiger partial charge on any atom is -0.313 e. The van der Waals surface area contributed by atoms with Gasteiger partial charge in [-0.25, -0.2) is 9.97 Å². The standard InChI is InChI=1S/C49H44N4/c1-5-34(21-20-33(4)38-26-29-44(50-7-3)35(6-2)30-38)49-51-45(32-46(52-49)40-23-22-36-14-8-9-15-39(36)31-40)37-24-27-41(28-25-37)53-47-18-12-10-16-42(47)43-17-11-13-19-48(43)53/h5-24,26-27,30-32,36,39,44H,1-2,25,28-29H2,3-4H3/b33-20+,34-21+,50-7-. The van der Waals surface area contributed by atoms with Crippen LogP contribution in [0.5, 0.6) is 0 Å². The van der Waals surface area contributed by atoms with Crippen molar-refractivity contribution in [2.24, 2.45) is 16.8 Å². The maximum atomic E-state index is 5.22. The van der Waals surface area contributed by atoms with Gasteiger partial charge in [-0.15, -0.1) is 0 Å². The molecule has 0 spiro atoms. The molecule has 0 radical (unpaired) electrons. The Labute approximate surface area is 312 Å². The number of fused-ring (bicyclic) bond motifs is 4. The zero-order chi connectivity index (χ0) is 36.3. The Balaban J connectivity index is 1.18. The second-order valence-electron chi connectivity index (χ2n) is 13.9. The second-order valence-corrected chi connectivity index (χ2v) is 13.9. The molecule has 0 fully saturated rings. The Morgan fingerprint density at radius 1 is 0.868 bits per heavy atom. The average molecular weight is 689 g/mol. The van der Waals surface area contributed by atoms with Gasteiger partial charge >= 0.3 is 0 Å². The van der Waals surface area contributed by atoms with Crippen LogP contribution in [0.15, 0.2) is 181 Å². The number of para-hydroxylation sites is 2. The third-order valence-corrected chi connectivity index (χ3v) is 10.7. The number of aromatic nitrogens is 3. The van der Waals surface area contributed by atoms with Crippen molar-refractivity contribution >= 4 is 50.4 Å². The zero-order valence-corrected chi connectivity index (χ0v) is 30.5. The monoisotopic (exact) mass is 688 g/mol. The molecule has 0 N–H and O–H groups in total. The Morgan fingerprint density at radius 2 is 1.60 bits per heavy atom. The van der Waals surface area contributed by atoms with Crippen LogP contribution in [0.4, 0.5) is 0 Å². The summed E-state index contributed by atoms with van der Waals surface area (Å²) in [5, 5.41) is 2.56. The van der Waals surface area contributed by atoms with E-state index in [-0.39, 0.29) is 6.04 Å². The summed E-state index contributed by atoms with van der Waals surface area (Å²) in [7, 11) is 0. The smallest absolute Gasteiger partial charge is 0.160 e. The van der Waals surface area contributed by atoms with Gasteiger partial charge in [-0.2, -0.15) is 0 Å². The summed E-state index contributed by atoms with van der Waals surface area (Å²) >= 11 is 0. The molecular formula is C49H44N4. The number of nitrogens with zero attached hydrogens (tertiary/aromatic N) is 4. The van der Waals surface area contributed by atoms with Gasteiger partial charge in [0.25, 0.3) is 0 Å². The van der Waals surface area contributed by atoms with E-state index in [1.807, 2.05) is 25.3 Å². The molecule has 4 aliphatic carbocycles. The number of allylic oxidation sites excluding steroid dienone is 19. The highest BCUT2D eigenvalue weighted by molar-refractivity contribution is 6.10. The van der Waals surface area contributed by atoms with Crippen molar-refractivity contribution in [3.05, 3.63) is 193 Å². The van der Waals surface area contributed by atoms with Gasteiger partial charge in [0.1, 0.15) is 0 Å². The molecule has 4 nitrogen and oxygen atoms in total. The molecule has 2 aromatic heterocycles. The predicted octanol–water partition coefficient (Wildman–Crippen LogP) is 12.0. The summed E-state index contributed by atoms with van der Waals surface area (Å²) in [5.41, 5.74) is 12.3. The fourth-order valence-electron chi connectivity index (χ4n) is 7.85. The van der Waals surface area contributed by atoms with Gasteiger partial charge < -0.3 is 4.57 Å². The summed E-state index contributed by atoms with van der Waals surface area (Å²) in [5.74, 6) is 1.36. The Morgan fingerprint density at radius 3 is 2.30 bits per heavy atom. The molecule has 0 aliphatic heterocycles. The normalized spacial score (nSPS) is 21.6. The van der Waals surface area contributed by atoms with Crippen LogP contribution in [0.3, 0.4) is 0 Å². The summed E-state index contributed by atoms with van der Waals surface area (Å²) in [6.45, 7) is 12.3. The molecule has 0 bridgehead atoms. The van der Waals surface area contributed by atoms with Crippen LogP contribution < -0.4 is 0 Å². The molecule has 3 atom stereocenters. The lowest BCUT2D eigenvalue weighted by atomic mass is 9.82. The van der Waals surface area contributed by atoms with Crippen molar-refractivity contribution in [3.8, 4) is 0 Å². The van der Waals surface area contributed by atoms with E-state index < -0.39 is 0 Å². The first-order chi connectivity index (χ1) is 26.0. The van der Waals surface area contributed by atoms with Crippen molar-refractivity contribution < 1.29 is 0 Å². The first kappa shape index (κ1) is 34.0. The second kappa shape index (κ2) is 14.8. The van der Waals surface area contributed by atoms with Crippen LogP contribution >= 0.6 is 0 Å². The number of benzene rings is 2. The van der Waals surface area contributed by atoms with E-state index in [0.29, 0.717) is 17.7 Å². The lowest BCUT2D eigenvalue weighted by molar-refractivity contribution is 0.662. The highest BCUT2D eigenvalue weighted by Gasteiger charge is 2.22. The Hall–Kier alpha value is -6.13. The van der Waals surface area contributed by atoms with Gasteiger partial charge in [-0.05, 0) is 97.5 Å². The maximum absolute atomic E-state index is 5.22. The average Bonchev–Trinajstić information content (AvgIpc) is 3.55. The summed E-state index contributed by atoms with van der Waals surface area (Å²) < 4.78 is 2.42. The molecule has 4 aliphatic rings. The minimum absolute atomic E-state index is 0.128. The van der Waals surface area contributed by atoms with Crippen molar-refractivity contribution in [3.63, 3.8) is 0 Å². The molecular weight excluding hydrogens is 645 g/mol. The largest absolute Gasteiger partial charge is 0.313 e. The molecule has 4 aromatic rings. The van der Waals surface area contributed by atoms with E-state index >= 15 is 0 Å². The highest BCUT2D eigenvalue weighted by atomic mass is 15.0. The lowest BCUT2D eigenvalue weighted by Gasteiger charge is -2.23. The van der Waals surface area contributed by atoms with Crippen LogP contribution in [0.1, 0.15) is 50.3 Å². The molecule has 0 saturated heterocycles. The van der Waals surface area contributed by atoms with Crippen molar-refractivity contribution in [1.82, 2.24) is 14.5 Å². The van der Waals surface area contributed by atoms with Gasteiger partial charge in [0, 0.05) is 33.9 Å². The topological polar surface area (TPSA) is 43.1 Å². The molecule has 260 valence electrons. The van der Waals surface area contributed by atoms with Crippen LogP contribution in [0.2, 0.25) is 0 Å². The number of hydrogen-bond donors (Lipinski definition) is 0. The zero-order valence-electron chi connectivity index (χ0n) is 30.5. The molecule has 2 aromatic carbocycles. The molecule has 2 heterocycles. The fourth-order valence-corrected chi connectivity index (χ4v) is 7.85. The molecule has 53 heavy (non-hydrogen) atoms. The molecule has 0 amide bonds. The van der Waals surface area contributed by atoms with Crippen LogP contribution in [0, 0.1) is 11.8 Å². The predicted molar refractivity (Wildman–Crippen MR) is 226 cm³/mol. The van der Waals surface area contributed by atoms with Crippen molar-refractivity contribution in [1.29, 1.82) is 0 Å². The van der Waals surface area contributed by atoms with Gasteiger partial charge in [-0.3, -0.25) is 4.99 Å².